The molecule has 0 aliphatic carbocycles. The first kappa shape index (κ1) is 12.1. The molecular formula is C9H13N3O4S. The second kappa shape index (κ2) is 4.11. The Morgan fingerprint density at radius 1 is 1.65 bits per heavy atom. The van der Waals surface area contributed by atoms with E-state index in [1.807, 2.05) is 6.92 Å². The van der Waals surface area contributed by atoms with Crippen molar-refractivity contribution in [2.24, 2.45) is 5.92 Å². The normalized spacial score (nSPS) is 17.9. The van der Waals surface area contributed by atoms with E-state index in [-0.39, 0.29) is 18.1 Å². The van der Waals surface area contributed by atoms with Gasteiger partial charge in [-0.05, 0) is 0 Å². The number of rotatable bonds is 4. The third-order valence-electron chi connectivity index (χ3n) is 2.76. The second-order valence-electron chi connectivity index (χ2n) is 3.90. The van der Waals surface area contributed by atoms with E-state index < -0.39 is 21.9 Å². The average molecular weight is 259 g/mol. The second-order valence-corrected chi connectivity index (χ2v) is 5.81. The summed E-state index contributed by atoms with van der Waals surface area (Å²) < 4.78 is 25.1. The first-order valence-corrected chi connectivity index (χ1v) is 6.66. The molecule has 2 N–H and O–H groups in total. The molecule has 2 rings (SSSR count). The number of nitrogens with one attached hydrogen (secondary N) is 1. The Morgan fingerprint density at radius 2 is 2.29 bits per heavy atom. The molecule has 0 aromatic carbocycles. The van der Waals surface area contributed by atoms with Gasteiger partial charge in [0.2, 0.25) is 0 Å². The molecule has 0 spiro atoms. The molecule has 17 heavy (non-hydrogen) atoms. The number of sulfonamides is 1. The fourth-order valence-corrected chi connectivity index (χ4v) is 3.05. The van der Waals surface area contributed by atoms with Crippen molar-refractivity contribution < 1.29 is 18.3 Å². The van der Waals surface area contributed by atoms with Crippen LogP contribution in [0.4, 0.5) is 0 Å². The Morgan fingerprint density at radius 3 is 2.76 bits per heavy atom. The highest BCUT2D eigenvalue weighted by Gasteiger charge is 2.41. The van der Waals surface area contributed by atoms with Crippen molar-refractivity contribution in [3.63, 3.8) is 0 Å². The van der Waals surface area contributed by atoms with Gasteiger partial charge >= 0.3 is 5.97 Å². The number of aromatic nitrogens is 2. The van der Waals surface area contributed by atoms with Gasteiger partial charge in [-0.15, -0.1) is 0 Å². The van der Waals surface area contributed by atoms with Crippen LogP contribution in [-0.2, 0) is 21.2 Å². The van der Waals surface area contributed by atoms with E-state index in [9.17, 15) is 13.2 Å². The molecule has 0 atom stereocenters. The van der Waals surface area contributed by atoms with Crippen molar-refractivity contribution in [2.75, 3.05) is 13.1 Å². The van der Waals surface area contributed by atoms with E-state index >= 15 is 0 Å². The molecule has 1 aromatic heterocycles. The van der Waals surface area contributed by atoms with Gasteiger partial charge in [-0.25, -0.2) is 13.4 Å². The minimum Gasteiger partial charge on any atom is -0.481 e. The Labute approximate surface area is 98.5 Å². The zero-order chi connectivity index (χ0) is 12.6. The summed E-state index contributed by atoms with van der Waals surface area (Å²) in [7, 11) is -3.61. The summed E-state index contributed by atoms with van der Waals surface area (Å²) in [6.45, 7) is 1.91. The van der Waals surface area contributed by atoms with Gasteiger partial charge in [0, 0.05) is 19.5 Å². The molecule has 2 heterocycles. The number of nitrogens with zero attached hydrogens (tertiary/aromatic N) is 2. The maximum atomic E-state index is 12.0. The summed E-state index contributed by atoms with van der Waals surface area (Å²) in [5.74, 6) is -0.965. The van der Waals surface area contributed by atoms with Gasteiger partial charge in [0.15, 0.2) is 5.03 Å². The first-order chi connectivity index (χ1) is 7.95. The fraction of sp³-hybridized carbons (Fsp3) is 0.556. The highest BCUT2D eigenvalue weighted by Crippen LogP contribution is 2.24. The maximum Gasteiger partial charge on any atom is 0.309 e. The summed E-state index contributed by atoms with van der Waals surface area (Å²) in [6, 6.07) is 0. The quantitative estimate of drug-likeness (QED) is 0.771. The van der Waals surface area contributed by atoms with Crippen LogP contribution in [0.1, 0.15) is 12.7 Å². The molecule has 0 saturated carbocycles. The Kier molecular flexibility index (Phi) is 2.92. The minimum atomic E-state index is -3.61. The Bertz CT molecular complexity index is 530. The van der Waals surface area contributed by atoms with Gasteiger partial charge < -0.3 is 10.1 Å². The summed E-state index contributed by atoms with van der Waals surface area (Å²) in [5.41, 5.74) is 0. The molecule has 0 amide bonds. The van der Waals surface area contributed by atoms with Crippen LogP contribution in [0.5, 0.6) is 0 Å². The summed E-state index contributed by atoms with van der Waals surface area (Å²) in [5, 5.41) is 8.71. The summed E-state index contributed by atoms with van der Waals surface area (Å²) in [6.07, 6.45) is 1.88. The molecule has 1 saturated heterocycles. The van der Waals surface area contributed by atoms with Crippen LogP contribution in [0.2, 0.25) is 0 Å². The topological polar surface area (TPSA) is 103 Å². The molecule has 1 aliphatic heterocycles. The lowest BCUT2D eigenvalue weighted by molar-refractivity contribution is -0.145. The van der Waals surface area contributed by atoms with Gasteiger partial charge in [0.25, 0.3) is 10.0 Å². The molecule has 8 heteroatoms. The van der Waals surface area contributed by atoms with Gasteiger partial charge in [-0.2, -0.15) is 4.31 Å². The third kappa shape index (κ3) is 2.05. The van der Waals surface area contributed by atoms with Crippen LogP contribution in [0.15, 0.2) is 11.2 Å². The minimum absolute atomic E-state index is 0.0259. The van der Waals surface area contributed by atoms with E-state index in [0.717, 1.165) is 4.31 Å². The number of hydrogen-bond acceptors (Lipinski definition) is 4. The average Bonchev–Trinajstić information content (AvgIpc) is 2.62. The number of imidazole rings is 1. The van der Waals surface area contributed by atoms with Gasteiger partial charge in [0.05, 0.1) is 12.1 Å². The highest BCUT2D eigenvalue weighted by molar-refractivity contribution is 7.89. The fourth-order valence-electron chi connectivity index (χ4n) is 1.58. The van der Waals surface area contributed by atoms with Crippen LogP contribution in [0, 0.1) is 5.92 Å². The standard InChI is InChI=1S/C9H13N3O4S/c1-2-7-10-3-8(11-7)17(15,16)12-4-6(5-12)9(13)14/h3,6H,2,4-5H2,1H3,(H,10,11)(H,13,14). The number of aryl methyl sites for hydroxylation is 1. The van der Waals surface area contributed by atoms with Crippen molar-refractivity contribution in [3.05, 3.63) is 12.0 Å². The van der Waals surface area contributed by atoms with Crippen molar-refractivity contribution in [1.82, 2.24) is 14.3 Å². The lowest BCUT2D eigenvalue weighted by atomic mass is 10.0. The number of aliphatic carboxylic acids is 1. The highest BCUT2D eigenvalue weighted by atomic mass is 32.2. The van der Waals surface area contributed by atoms with Crippen LogP contribution < -0.4 is 0 Å². The molecule has 0 unspecified atom stereocenters. The first-order valence-electron chi connectivity index (χ1n) is 5.22. The maximum absolute atomic E-state index is 12.0. The Hall–Kier alpha value is -1.41. The van der Waals surface area contributed by atoms with E-state index in [4.69, 9.17) is 5.11 Å². The number of carboxylic acids is 1. The molecule has 94 valence electrons. The van der Waals surface area contributed by atoms with Crippen LogP contribution in [0.3, 0.4) is 0 Å². The molecule has 1 fully saturated rings. The van der Waals surface area contributed by atoms with Crippen LogP contribution in [0.25, 0.3) is 0 Å². The molecule has 1 aromatic rings. The van der Waals surface area contributed by atoms with Crippen molar-refractivity contribution >= 4 is 16.0 Å². The van der Waals surface area contributed by atoms with Gasteiger partial charge in [0.1, 0.15) is 5.82 Å². The molecular weight excluding hydrogens is 246 g/mol. The van der Waals surface area contributed by atoms with Crippen molar-refractivity contribution in [1.29, 1.82) is 0 Å². The lowest BCUT2D eigenvalue weighted by Gasteiger charge is -2.34. The van der Waals surface area contributed by atoms with E-state index in [0.29, 0.717) is 12.2 Å². The number of H-pyrrole nitrogens is 1. The molecule has 1 aliphatic rings. The van der Waals surface area contributed by atoms with Gasteiger partial charge in [-0.1, -0.05) is 6.92 Å². The molecule has 0 radical (unpaired) electrons. The van der Waals surface area contributed by atoms with Crippen molar-refractivity contribution in [3.8, 4) is 0 Å². The van der Waals surface area contributed by atoms with Crippen LogP contribution >= 0.6 is 0 Å². The number of aromatic amines is 1. The van der Waals surface area contributed by atoms with Crippen LogP contribution in [-0.4, -0.2) is 46.9 Å². The largest absolute Gasteiger partial charge is 0.481 e. The van der Waals surface area contributed by atoms with E-state index in [2.05, 4.69) is 9.97 Å². The van der Waals surface area contributed by atoms with Gasteiger partial charge in [-0.3, -0.25) is 4.79 Å². The summed E-state index contributed by atoms with van der Waals surface area (Å²) in [4.78, 5) is 17.2. The lowest BCUT2D eigenvalue weighted by Crippen LogP contribution is -2.52. The smallest absolute Gasteiger partial charge is 0.309 e. The third-order valence-corrected chi connectivity index (χ3v) is 4.50. The monoisotopic (exact) mass is 259 g/mol. The number of carbonyl (C=O) groups is 1. The van der Waals surface area contributed by atoms with E-state index in [1.165, 1.54) is 6.20 Å². The molecule has 7 nitrogen and oxygen atoms in total. The predicted octanol–water partition coefficient (Wildman–Crippen LogP) is -0.323. The molecule has 0 bridgehead atoms. The van der Waals surface area contributed by atoms with E-state index in [1.54, 1.807) is 0 Å². The Balaban J connectivity index is 2.13. The SMILES string of the molecule is CCc1ncc(S(=O)(=O)N2CC(C(=O)O)C2)[nH]1. The summed E-state index contributed by atoms with van der Waals surface area (Å²) >= 11 is 0. The zero-order valence-corrected chi connectivity index (χ0v) is 10.1. The number of hydrogen-bond donors (Lipinski definition) is 2. The van der Waals surface area contributed by atoms with Crippen molar-refractivity contribution in [2.45, 2.75) is 18.4 Å². The predicted molar refractivity (Wildman–Crippen MR) is 57.9 cm³/mol. The number of carboxylic acid groups (broad SMARTS) is 1. The zero-order valence-electron chi connectivity index (χ0n) is 9.25.